The zero-order chi connectivity index (χ0) is 14.1. The highest BCUT2D eigenvalue weighted by molar-refractivity contribution is 5.52. The fraction of sp³-hybridized carbons (Fsp3) is 0.500. The van der Waals surface area contributed by atoms with E-state index in [1.165, 1.54) is 37.5 Å². The van der Waals surface area contributed by atoms with Crippen LogP contribution in [-0.2, 0) is 0 Å². The average Bonchev–Trinajstić information content (AvgIpc) is 2.42. The molecule has 1 rings (SSSR count). The summed E-state index contributed by atoms with van der Waals surface area (Å²) in [7, 11) is 0. The Balaban J connectivity index is 2.47. The number of hydrogen-bond donors (Lipinski definition) is 0. The van der Waals surface area contributed by atoms with Crippen LogP contribution >= 0.6 is 0 Å². The van der Waals surface area contributed by atoms with Crippen LogP contribution < -0.4 is 4.74 Å². The molecule has 0 spiro atoms. The molecule has 0 fully saturated rings. The highest BCUT2D eigenvalue weighted by atomic mass is 16.6. The molecule has 0 bridgehead atoms. The molecular weight excluding hydrogens is 244 g/mol. The first kappa shape index (κ1) is 15.0. The van der Waals surface area contributed by atoms with Crippen molar-refractivity contribution in [3.05, 3.63) is 33.9 Å². The number of benzene rings is 1. The van der Waals surface area contributed by atoms with Crippen molar-refractivity contribution in [1.29, 1.82) is 5.26 Å². The van der Waals surface area contributed by atoms with Gasteiger partial charge in [0.2, 0.25) is 0 Å². The summed E-state index contributed by atoms with van der Waals surface area (Å²) in [5, 5.41) is 19.5. The largest absolute Gasteiger partial charge is 0.494 e. The topological polar surface area (TPSA) is 76.2 Å². The van der Waals surface area contributed by atoms with Crippen molar-refractivity contribution < 1.29 is 9.66 Å². The maximum atomic E-state index is 10.7. The number of nitro groups is 1. The molecule has 0 saturated carbocycles. The van der Waals surface area contributed by atoms with E-state index in [-0.39, 0.29) is 11.3 Å². The van der Waals surface area contributed by atoms with E-state index >= 15 is 0 Å². The van der Waals surface area contributed by atoms with E-state index in [0.717, 1.165) is 12.8 Å². The number of unbranched alkanes of at least 4 members (excludes halogenated alkanes) is 4. The molecule has 0 amide bonds. The summed E-state index contributed by atoms with van der Waals surface area (Å²) in [6, 6.07) is 6.08. The van der Waals surface area contributed by atoms with Crippen LogP contribution in [0.15, 0.2) is 18.2 Å². The lowest BCUT2D eigenvalue weighted by atomic mass is 10.1. The van der Waals surface area contributed by atoms with Crippen LogP contribution in [0.5, 0.6) is 5.75 Å². The maximum Gasteiger partial charge on any atom is 0.287 e. The normalized spacial score (nSPS) is 9.89. The second kappa shape index (κ2) is 8.09. The Labute approximate surface area is 113 Å². The van der Waals surface area contributed by atoms with E-state index in [0.29, 0.717) is 12.4 Å². The van der Waals surface area contributed by atoms with Gasteiger partial charge in [-0.2, -0.15) is 5.26 Å². The number of nitrogens with zero attached hydrogens (tertiary/aromatic N) is 2. The molecule has 0 atom stereocenters. The van der Waals surface area contributed by atoms with Crippen molar-refractivity contribution in [1.82, 2.24) is 0 Å². The van der Waals surface area contributed by atoms with Gasteiger partial charge in [-0.15, -0.1) is 0 Å². The van der Waals surface area contributed by atoms with Gasteiger partial charge in [-0.3, -0.25) is 10.1 Å². The van der Waals surface area contributed by atoms with Gasteiger partial charge in [0.05, 0.1) is 11.5 Å². The first-order valence-corrected chi connectivity index (χ1v) is 6.50. The van der Waals surface area contributed by atoms with Crippen LogP contribution in [0.4, 0.5) is 5.69 Å². The fourth-order valence-corrected chi connectivity index (χ4v) is 1.75. The second-order valence-corrected chi connectivity index (χ2v) is 4.31. The summed E-state index contributed by atoms with van der Waals surface area (Å²) in [4.78, 5) is 10.1. The molecule has 0 unspecified atom stereocenters. The Morgan fingerprint density at radius 2 is 2.05 bits per heavy atom. The van der Waals surface area contributed by atoms with Gasteiger partial charge in [-0.1, -0.05) is 32.6 Å². The molecule has 0 saturated heterocycles. The molecule has 0 aliphatic heterocycles. The maximum absolute atomic E-state index is 10.7. The van der Waals surface area contributed by atoms with Gasteiger partial charge in [0.25, 0.3) is 5.69 Å². The molecule has 5 heteroatoms. The minimum absolute atomic E-state index is 0.0356. The van der Waals surface area contributed by atoms with Crippen LogP contribution in [0.2, 0.25) is 0 Å². The van der Waals surface area contributed by atoms with Crippen molar-refractivity contribution >= 4 is 5.69 Å². The van der Waals surface area contributed by atoms with Gasteiger partial charge in [0, 0.05) is 12.1 Å². The summed E-state index contributed by atoms with van der Waals surface area (Å²) in [5.74, 6) is 0.512. The van der Waals surface area contributed by atoms with Gasteiger partial charge in [0.15, 0.2) is 0 Å². The van der Waals surface area contributed by atoms with Crippen LogP contribution in [0.1, 0.15) is 44.6 Å². The molecule has 0 aromatic heterocycles. The van der Waals surface area contributed by atoms with Crippen LogP contribution in [0, 0.1) is 21.4 Å². The summed E-state index contributed by atoms with van der Waals surface area (Å²) < 4.78 is 5.49. The Kier molecular flexibility index (Phi) is 6.37. The highest BCUT2D eigenvalue weighted by Gasteiger charge is 2.13. The third-order valence-corrected chi connectivity index (χ3v) is 2.80. The van der Waals surface area contributed by atoms with Gasteiger partial charge >= 0.3 is 0 Å². The van der Waals surface area contributed by atoms with Crippen LogP contribution in [0.3, 0.4) is 0 Å². The number of nitriles is 1. The standard InChI is InChI=1S/C14H18N2O3/c1-2-3-4-5-6-9-19-13-7-8-14(16(17)18)12(10-13)11-15/h7-8,10H,2-6,9H2,1H3. The highest BCUT2D eigenvalue weighted by Crippen LogP contribution is 2.23. The molecule has 0 aliphatic rings. The van der Waals surface area contributed by atoms with Gasteiger partial charge in [-0.05, 0) is 12.5 Å². The van der Waals surface area contributed by atoms with E-state index < -0.39 is 4.92 Å². The molecule has 0 aliphatic carbocycles. The van der Waals surface area contributed by atoms with E-state index in [4.69, 9.17) is 10.00 Å². The molecule has 5 nitrogen and oxygen atoms in total. The van der Waals surface area contributed by atoms with Crippen molar-refractivity contribution in [3.8, 4) is 11.8 Å². The van der Waals surface area contributed by atoms with Gasteiger partial charge in [-0.25, -0.2) is 0 Å². The minimum atomic E-state index is -0.562. The van der Waals surface area contributed by atoms with Crippen molar-refractivity contribution in [3.63, 3.8) is 0 Å². The quantitative estimate of drug-likeness (QED) is 0.405. The van der Waals surface area contributed by atoms with E-state index in [1.54, 1.807) is 0 Å². The smallest absolute Gasteiger partial charge is 0.287 e. The zero-order valence-corrected chi connectivity index (χ0v) is 11.1. The minimum Gasteiger partial charge on any atom is -0.494 e. The molecule has 19 heavy (non-hydrogen) atoms. The fourth-order valence-electron chi connectivity index (χ4n) is 1.75. The summed E-state index contributed by atoms with van der Waals surface area (Å²) in [6.07, 6.45) is 5.71. The Hall–Kier alpha value is -2.09. The molecule has 1 aromatic carbocycles. The first-order chi connectivity index (χ1) is 9.19. The van der Waals surface area contributed by atoms with Crippen LogP contribution in [0.25, 0.3) is 0 Å². The third kappa shape index (κ3) is 4.96. The molecule has 0 N–H and O–H groups in total. The molecular formula is C14H18N2O3. The monoisotopic (exact) mass is 262 g/mol. The second-order valence-electron chi connectivity index (χ2n) is 4.31. The zero-order valence-electron chi connectivity index (χ0n) is 11.1. The molecule has 1 aromatic rings. The average molecular weight is 262 g/mol. The van der Waals surface area contributed by atoms with Crippen molar-refractivity contribution in [2.45, 2.75) is 39.0 Å². The lowest BCUT2D eigenvalue weighted by Gasteiger charge is -2.06. The summed E-state index contributed by atoms with van der Waals surface area (Å²) in [6.45, 7) is 2.74. The van der Waals surface area contributed by atoms with E-state index in [2.05, 4.69) is 6.92 Å². The number of nitro benzene ring substituents is 1. The van der Waals surface area contributed by atoms with Gasteiger partial charge < -0.3 is 4.74 Å². The number of rotatable bonds is 8. The SMILES string of the molecule is CCCCCCCOc1ccc([N+](=O)[O-])c(C#N)c1. The Morgan fingerprint density at radius 3 is 2.68 bits per heavy atom. The Morgan fingerprint density at radius 1 is 1.32 bits per heavy atom. The molecule has 0 radical (unpaired) electrons. The summed E-state index contributed by atoms with van der Waals surface area (Å²) >= 11 is 0. The number of ether oxygens (including phenoxy) is 1. The third-order valence-electron chi connectivity index (χ3n) is 2.80. The van der Waals surface area contributed by atoms with Crippen molar-refractivity contribution in [2.75, 3.05) is 6.61 Å². The van der Waals surface area contributed by atoms with Crippen molar-refractivity contribution in [2.24, 2.45) is 0 Å². The lowest BCUT2D eigenvalue weighted by molar-refractivity contribution is -0.385. The molecule has 102 valence electrons. The van der Waals surface area contributed by atoms with Gasteiger partial charge in [0.1, 0.15) is 17.4 Å². The first-order valence-electron chi connectivity index (χ1n) is 6.50. The Bertz CT molecular complexity index is 466. The predicted octanol–water partition coefficient (Wildman–Crippen LogP) is 3.82. The summed E-state index contributed by atoms with van der Waals surface area (Å²) in [5.41, 5.74) is -0.147. The number of hydrogen-bond acceptors (Lipinski definition) is 4. The molecule has 0 heterocycles. The van der Waals surface area contributed by atoms with E-state index in [1.807, 2.05) is 6.07 Å². The lowest BCUT2D eigenvalue weighted by Crippen LogP contribution is -1.99. The predicted molar refractivity (Wildman–Crippen MR) is 72.1 cm³/mol. The van der Waals surface area contributed by atoms with E-state index in [9.17, 15) is 10.1 Å². The van der Waals surface area contributed by atoms with Crippen LogP contribution in [-0.4, -0.2) is 11.5 Å².